The van der Waals surface area contributed by atoms with E-state index in [1.54, 1.807) is 20.8 Å². The Labute approximate surface area is 126 Å². The first-order valence-corrected chi connectivity index (χ1v) is 7.34. The Hall–Kier alpha value is -1.30. The number of hydrogen-bond donors (Lipinski definition) is 1. The van der Waals surface area contributed by atoms with Gasteiger partial charge in [-0.05, 0) is 48.0 Å². The van der Waals surface area contributed by atoms with Crippen molar-refractivity contribution in [3.05, 3.63) is 0 Å². The topological polar surface area (TPSA) is 81.9 Å². The van der Waals surface area contributed by atoms with E-state index in [9.17, 15) is 9.59 Å². The SMILES string of the molecule is CC(C)(C)OC(=O)[C@H]1C[C@@H](N)CN(C(=O)OC(C)(C)C)C1. The standard InChI is InChI=1S/C15H28N2O4/c1-14(2,3)20-12(18)10-7-11(16)9-17(8-10)13(19)21-15(4,5)6/h10-11H,7-9,16H2,1-6H3/t10-,11+/m0/s1. The van der Waals surface area contributed by atoms with Gasteiger partial charge in [-0.15, -0.1) is 0 Å². The Morgan fingerprint density at radius 1 is 1.00 bits per heavy atom. The lowest BCUT2D eigenvalue weighted by Gasteiger charge is -2.36. The number of esters is 1. The molecule has 0 radical (unpaired) electrons. The molecule has 2 atom stereocenters. The van der Waals surface area contributed by atoms with E-state index in [4.69, 9.17) is 15.2 Å². The Bertz CT molecular complexity index is 359. The molecule has 6 heteroatoms. The van der Waals surface area contributed by atoms with Crippen molar-refractivity contribution in [2.75, 3.05) is 13.1 Å². The van der Waals surface area contributed by atoms with E-state index in [-0.39, 0.29) is 18.6 Å². The number of piperidine rings is 1. The summed E-state index contributed by atoms with van der Waals surface area (Å²) in [6, 6.07) is -0.246. The van der Waals surface area contributed by atoms with Gasteiger partial charge in [0.05, 0.1) is 5.92 Å². The minimum atomic E-state index is -0.569. The summed E-state index contributed by atoms with van der Waals surface area (Å²) in [5.41, 5.74) is 4.85. The van der Waals surface area contributed by atoms with Gasteiger partial charge in [0.2, 0.25) is 0 Å². The first-order chi connectivity index (χ1) is 9.37. The molecule has 1 aliphatic rings. The highest BCUT2D eigenvalue weighted by Gasteiger charge is 2.36. The van der Waals surface area contributed by atoms with Gasteiger partial charge in [-0.2, -0.15) is 0 Å². The molecule has 0 aromatic heterocycles. The number of nitrogens with zero attached hydrogens (tertiary/aromatic N) is 1. The van der Waals surface area contributed by atoms with Crippen LogP contribution in [0, 0.1) is 5.92 Å². The molecule has 1 saturated heterocycles. The largest absolute Gasteiger partial charge is 0.460 e. The third kappa shape index (κ3) is 6.33. The van der Waals surface area contributed by atoms with Gasteiger partial charge in [-0.25, -0.2) is 4.79 Å². The predicted molar refractivity (Wildman–Crippen MR) is 79.7 cm³/mol. The van der Waals surface area contributed by atoms with Crippen molar-refractivity contribution in [2.24, 2.45) is 11.7 Å². The summed E-state index contributed by atoms with van der Waals surface area (Å²) in [6.07, 6.45) is 0.0833. The summed E-state index contributed by atoms with van der Waals surface area (Å²) in [7, 11) is 0. The molecule has 0 bridgehead atoms. The zero-order chi connectivity index (χ0) is 16.4. The summed E-state index contributed by atoms with van der Waals surface area (Å²) in [5, 5.41) is 0. The molecule has 122 valence electrons. The van der Waals surface area contributed by atoms with E-state index in [1.165, 1.54) is 4.90 Å². The van der Waals surface area contributed by atoms with Crippen molar-refractivity contribution >= 4 is 12.1 Å². The number of carbonyl (C=O) groups excluding carboxylic acids is 2. The van der Waals surface area contributed by atoms with Crippen LogP contribution in [0.1, 0.15) is 48.0 Å². The molecule has 0 aromatic carbocycles. The fraction of sp³-hybridized carbons (Fsp3) is 0.867. The number of amides is 1. The maximum absolute atomic E-state index is 12.2. The van der Waals surface area contributed by atoms with Crippen LogP contribution >= 0.6 is 0 Å². The molecule has 0 spiro atoms. The van der Waals surface area contributed by atoms with Crippen LogP contribution in [0.4, 0.5) is 4.79 Å². The van der Waals surface area contributed by atoms with Crippen molar-refractivity contribution in [2.45, 2.75) is 65.2 Å². The molecule has 0 unspecified atom stereocenters. The lowest BCUT2D eigenvalue weighted by atomic mass is 9.95. The minimum Gasteiger partial charge on any atom is -0.460 e. The van der Waals surface area contributed by atoms with Crippen LogP contribution in [0.25, 0.3) is 0 Å². The van der Waals surface area contributed by atoms with E-state index < -0.39 is 23.2 Å². The van der Waals surface area contributed by atoms with E-state index in [1.807, 2.05) is 20.8 Å². The van der Waals surface area contributed by atoms with E-state index >= 15 is 0 Å². The smallest absolute Gasteiger partial charge is 0.410 e. The third-order valence-electron chi connectivity index (χ3n) is 2.87. The fourth-order valence-electron chi connectivity index (χ4n) is 2.17. The number of rotatable bonds is 1. The van der Waals surface area contributed by atoms with Gasteiger partial charge in [0.25, 0.3) is 0 Å². The highest BCUT2D eigenvalue weighted by Crippen LogP contribution is 2.22. The maximum atomic E-state index is 12.2. The average molecular weight is 300 g/mol. The van der Waals surface area contributed by atoms with Crippen LogP contribution < -0.4 is 5.73 Å². The van der Waals surface area contributed by atoms with Crippen LogP contribution in [-0.4, -0.2) is 47.3 Å². The van der Waals surface area contributed by atoms with Gasteiger partial charge < -0.3 is 20.1 Å². The molecule has 1 amide bonds. The van der Waals surface area contributed by atoms with Crippen LogP contribution in [0.2, 0.25) is 0 Å². The van der Waals surface area contributed by atoms with Crippen LogP contribution in [0.15, 0.2) is 0 Å². The van der Waals surface area contributed by atoms with Crippen molar-refractivity contribution in [3.63, 3.8) is 0 Å². The second-order valence-electron chi connectivity index (χ2n) is 7.61. The van der Waals surface area contributed by atoms with Crippen LogP contribution in [-0.2, 0) is 14.3 Å². The molecule has 0 aromatic rings. The number of likely N-dealkylation sites (tertiary alicyclic amines) is 1. The normalized spacial score (nSPS) is 23.7. The van der Waals surface area contributed by atoms with E-state index in [2.05, 4.69) is 0 Å². The Morgan fingerprint density at radius 3 is 2.00 bits per heavy atom. The van der Waals surface area contributed by atoms with Gasteiger partial charge in [0.15, 0.2) is 0 Å². The van der Waals surface area contributed by atoms with Crippen LogP contribution in [0.5, 0.6) is 0 Å². The number of ether oxygens (including phenoxy) is 2. The number of hydrogen-bond acceptors (Lipinski definition) is 5. The molecule has 1 fully saturated rings. The summed E-state index contributed by atoms with van der Waals surface area (Å²) >= 11 is 0. The second kappa shape index (κ2) is 6.22. The fourth-order valence-corrected chi connectivity index (χ4v) is 2.17. The Balaban J connectivity index is 2.70. The first-order valence-electron chi connectivity index (χ1n) is 7.34. The third-order valence-corrected chi connectivity index (χ3v) is 2.87. The summed E-state index contributed by atoms with van der Waals surface area (Å²) in [4.78, 5) is 25.8. The lowest BCUT2D eigenvalue weighted by Crippen LogP contribution is -2.53. The highest BCUT2D eigenvalue weighted by atomic mass is 16.6. The molecule has 1 rings (SSSR count). The summed E-state index contributed by atoms with van der Waals surface area (Å²) in [5.74, 6) is -0.716. The summed E-state index contributed by atoms with van der Waals surface area (Å²) < 4.78 is 10.7. The van der Waals surface area contributed by atoms with Gasteiger partial charge in [0.1, 0.15) is 11.2 Å². The number of carbonyl (C=O) groups is 2. The molecule has 1 heterocycles. The molecule has 21 heavy (non-hydrogen) atoms. The van der Waals surface area contributed by atoms with Gasteiger partial charge >= 0.3 is 12.1 Å². The lowest BCUT2D eigenvalue weighted by molar-refractivity contribution is -0.161. The second-order valence-corrected chi connectivity index (χ2v) is 7.61. The molecule has 1 aliphatic heterocycles. The quantitative estimate of drug-likeness (QED) is 0.748. The van der Waals surface area contributed by atoms with Crippen LogP contribution in [0.3, 0.4) is 0 Å². The van der Waals surface area contributed by atoms with Crippen molar-refractivity contribution < 1.29 is 19.1 Å². The molecular weight excluding hydrogens is 272 g/mol. The minimum absolute atomic E-state index is 0.246. The zero-order valence-electron chi connectivity index (χ0n) is 13.9. The maximum Gasteiger partial charge on any atom is 0.410 e. The monoisotopic (exact) mass is 300 g/mol. The number of nitrogens with two attached hydrogens (primary N) is 1. The van der Waals surface area contributed by atoms with Crippen molar-refractivity contribution in [1.82, 2.24) is 4.90 Å². The Kier molecular flexibility index (Phi) is 5.25. The van der Waals surface area contributed by atoms with Gasteiger partial charge in [0, 0.05) is 19.1 Å². The zero-order valence-corrected chi connectivity index (χ0v) is 13.9. The first kappa shape index (κ1) is 17.8. The summed E-state index contributed by atoms with van der Waals surface area (Å²) in [6.45, 7) is 11.6. The predicted octanol–water partition coefficient (Wildman–Crippen LogP) is 1.91. The molecule has 6 nitrogen and oxygen atoms in total. The Morgan fingerprint density at radius 2 is 1.52 bits per heavy atom. The molecule has 2 N–H and O–H groups in total. The molecule has 0 saturated carbocycles. The van der Waals surface area contributed by atoms with Gasteiger partial charge in [-0.1, -0.05) is 0 Å². The van der Waals surface area contributed by atoms with E-state index in [0.29, 0.717) is 13.0 Å². The highest BCUT2D eigenvalue weighted by molar-refractivity contribution is 5.75. The average Bonchev–Trinajstić information content (AvgIpc) is 2.23. The van der Waals surface area contributed by atoms with Gasteiger partial charge in [-0.3, -0.25) is 4.79 Å². The molecule has 0 aliphatic carbocycles. The van der Waals surface area contributed by atoms with E-state index in [0.717, 1.165) is 0 Å². The van der Waals surface area contributed by atoms with Crippen molar-refractivity contribution in [1.29, 1.82) is 0 Å². The van der Waals surface area contributed by atoms with Crippen molar-refractivity contribution in [3.8, 4) is 0 Å². The molecular formula is C15H28N2O4.